The first-order valence-electron chi connectivity index (χ1n) is 9.19. The molecule has 0 saturated carbocycles. The van der Waals surface area contributed by atoms with Crippen LogP contribution in [0.4, 0.5) is 0 Å². The van der Waals surface area contributed by atoms with Gasteiger partial charge in [0.25, 0.3) is 10.2 Å². The SMILES string of the molecule is O=S1(=O)CCCN1C1CCCN(S(=O)(=O)N2CCc3ccccc3C2)C1. The Kier molecular flexibility index (Phi) is 4.85. The lowest BCUT2D eigenvalue weighted by atomic mass is 10.0. The van der Waals surface area contributed by atoms with Crippen molar-refractivity contribution >= 4 is 20.2 Å². The Balaban J connectivity index is 1.51. The molecule has 2 fully saturated rings. The van der Waals surface area contributed by atoms with E-state index in [-0.39, 0.29) is 18.3 Å². The molecule has 0 radical (unpaired) electrons. The van der Waals surface area contributed by atoms with Crippen LogP contribution in [-0.2, 0) is 33.2 Å². The second kappa shape index (κ2) is 6.87. The summed E-state index contributed by atoms with van der Waals surface area (Å²) < 4.78 is 55.3. The minimum Gasteiger partial charge on any atom is -0.212 e. The fourth-order valence-electron chi connectivity index (χ4n) is 4.26. The number of rotatable bonds is 3. The highest BCUT2D eigenvalue weighted by molar-refractivity contribution is 7.89. The van der Waals surface area contributed by atoms with Crippen molar-refractivity contribution in [3.8, 4) is 0 Å². The molecule has 1 aromatic rings. The third-order valence-electron chi connectivity index (χ3n) is 5.65. The molecule has 0 amide bonds. The van der Waals surface area contributed by atoms with Crippen molar-refractivity contribution in [1.82, 2.24) is 12.9 Å². The number of hydrogen-bond donors (Lipinski definition) is 0. The monoisotopic (exact) mass is 399 g/mol. The number of benzene rings is 1. The van der Waals surface area contributed by atoms with E-state index in [1.807, 2.05) is 18.2 Å². The summed E-state index contributed by atoms with van der Waals surface area (Å²) in [5.74, 6) is 0.180. The minimum atomic E-state index is -3.58. The van der Waals surface area contributed by atoms with Gasteiger partial charge < -0.3 is 0 Å². The second-order valence-corrected chi connectivity index (χ2v) is 11.3. The van der Waals surface area contributed by atoms with Gasteiger partial charge in [-0.25, -0.2) is 8.42 Å². The molecule has 26 heavy (non-hydrogen) atoms. The number of fused-ring (bicyclic) bond motifs is 1. The number of sulfonamides is 1. The molecule has 2 saturated heterocycles. The summed E-state index contributed by atoms with van der Waals surface area (Å²) in [5, 5.41) is 0. The Morgan fingerprint density at radius 1 is 0.962 bits per heavy atom. The molecule has 3 heterocycles. The van der Waals surface area contributed by atoms with Gasteiger partial charge in [0.1, 0.15) is 0 Å². The molecule has 1 aromatic carbocycles. The lowest BCUT2D eigenvalue weighted by Crippen LogP contribution is -2.54. The Labute approximate surface area is 155 Å². The van der Waals surface area contributed by atoms with Crippen LogP contribution in [-0.4, -0.2) is 67.7 Å². The fraction of sp³-hybridized carbons (Fsp3) is 0.647. The largest absolute Gasteiger partial charge is 0.282 e. The summed E-state index contributed by atoms with van der Waals surface area (Å²) in [4.78, 5) is 0. The smallest absolute Gasteiger partial charge is 0.212 e. The van der Waals surface area contributed by atoms with Crippen LogP contribution in [0.5, 0.6) is 0 Å². The van der Waals surface area contributed by atoms with Gasteiger partial charge in [-0.1, -0.05) is 24.3 Å². The molecule has 1 atom stereocenters. The predicted octanol–water partition coefficient (Wildman–Crippen LogP) is 0.789. The number of piperidine rings is 1. The highest BCUT2D eigenvalue weighted by Crippen LogP contribution is 2.28. The summed E-state index contributed by atoms with van der Waals surface area (Å²) in [6, 6.07) is 7.71. The van der Waals surface area contributed by atoms with E-state index in [2.05, 4.69) is 6.07 Å². The highest BCUT2D eigenvalue weighted by atomic mass is 32.2. The molecule has 144 valence electrons. The first-order chi connectivity index (χ1) is 12.4. The molecular weight excluding hydrogens is 374 g/mol. The van der Waals surface area contributed by atoms with Gasteiger partial charge in [0.15, 0.2) is 0 Å². The maximum absolute atomic E-state index is 13.2. The van der Waals surface area contributed by atoms with Crippen molar-refractivity contribution < 1.29 is 16.8 Å². The van der Waals surface area contributed by atoms with Crippen LogP contribution in [0.2, 0.25) is 0 Å². The van der Waals surface area contributed by atoms with Crippen molar-refractivity contribution in [2.45, 2.75) is 38.3 Å². The third-order valence-corrected chi connectivity index (χ3v) is 9.60. The maximum Gasteiger partial charge on any atom is 0.282 e. The highest BCUT2D eigenvalue weighted by Gasteiger charge is 2.41. The molecule has 0 aliphatic carbocycles. The number of hydrogen-bond acceptors (Lipinski definition) is 4. The molecule has 0 spiro atoms. The Morgan fingerprint density at radius 2 is 1.73 bits per heavy atom. The fourth-order valence-corrected chi connectivity index (χ4v) is 7.70. The van der Waals surface area contributed by atoms with Crippen LogP contribution in [0.3, 0.4) is 0 Å². The van der Waals surface area contributed by atoms with Gasteiger partial charge in [0, 0.05) is 38.8 Å². The van der Waals surface area contributed by atoms with Crippen molar-refractivity contribution in [2.24, 2.45) is 0 Å². The van der Waals surface area contributed by atoms with Gasteiger partial charge in [-0.15, -0.1) is 0 Å². The van der Waals surface area contributed by atoms with E-state index < -0.39 is 20.2 Å². The normalized spacial score (nSPS) is 28.1. The molecule has 4 rings (SSSR count). The summed E-state index contributed by atoms with van der Waals surface area (Å²) in [6.07, 6.45) is 2.77. The standard InChI is InChI=1S/C17H25N3O4S2/c21-25(22)12-4-10-20(25)17-7-3-9-18(14-17)26(23,24)19-11-8-15-5-1-2-6-16(15)13-19/h1-2,5-6,17H,3-4,7-14H2. The van der Waals surface area contributed by atoms with Crippen LogP contribution in [0.25, 0.3) is 0 Å². The zero-order valence-electron chi connectivity index (χ0n) is 14.7. The average Bonchev–Trinajstić information content (AvgIpc) is 3.00. The first kappa shape index (κ1) is 18.4. The van der Waals surface area contributed by atoms with E-state index in [1.54, 1.807) is 0 Å². The number of nitrogens with zero attached hydrogens (tertiary/aromatic N) is 3. The first-order valence-corrected chi connectivity index (χ1v) is 12.2. The van der Waals surface area contributed by atoms with Crippen LogP contribution in [0.1, 0.15) is 30.4 Å². The van der Waals surface area contributed by atoms with E-state index in [1.165, 1.54) is 18.5 Å². The van der Waals surface area contributed by atoms with Crippen molar-refractivity contribution in [1.29, 1.82) is 0 Å². The van der Waals surface area contributed by atoms with Crippen molar-refractivity contribution in [3.05, 3.63) is 35.4 Å². The van der Waals surface area contributed by atoms with Gasteiger partial charge in [-0.3, -0.25) is 0 Å². The zero-order chi connectivity index (χ0) is 18.4. The Bertz CT molecular complexity index is 885. The minimum absolute atomic E-state index is 0.180. The molecule has 1 unspecified atom stereocenters. The maximum atomic E-state index is 13.2. The van der Waals surface area contributed by atoms with Gasteiger partial charge in [0.05, 0.1) is 5.75 Å². The van der Waals surface area contributed by atoms with Crippen LogP contribution >= 0.6 is 0 Å². The molecular formula is C17H25N3O4S2. The Hall–Kier alpha value is -1.00. The molecule has 0 bridgehead atoms. The van der Waals surface area contributed by atoms with E-state index in [9.17, 15) is 16.8 Å². The van der Waals surface area contributed by atoms with E-state index >= 15 is 0 Å². The molecule has 0 aromatic heterocycles. The van der Waals surface area contributed by atoms with Gasteiger partial charge >= 0.3 is 0 Å². The van der Waals surface area contributed by atoms with E-state index in [0.29, 0.717) is 45.4 Å². The van der Waals surface area contributed by atoms with E-state index in [0.717, 1.165) is 12.0 Å². The predicted molar refractivity (Wildman–Crippen MR) is 99.2 cm³/mol. The van der Waals surface area contributed by atoms with Gasteiger partial charge in [-0.05, 0) is 36.8 Å². The zero-order valence-corrected chi connectivity index (χ0v) is 16.4. The molecule has 3 aliphatic heterocycles. The lowest BCUT2D eigenvalue weighted by Gasteiger charge is -2.39. The average molecular weight is 400 g/mol. The Morgan fingerprint density at radius 3 is 2.46 bits per heavy atom. The van der Waals surface area contributed by atoms with Crippen LogP contribution in [0.15, 0.2) is 24.3 Å². The molecule has 3 aliphatic rings. The molecule has 9 heteroatoms. The van der Waals surface area contributed by atoms with Crippen LogP contribution < -0.4 is 0 Å². The summed E-state index contributed by atoms with van der Waals surface area (Å²) in [6.45, 7) is 2.10. The lowest BCUT2D eigenvalue weighted by molar-refractivity contribution is 0.207. The van der Waals surface area contributed by atoms with Gasteiger partial charge in [0.2, 0.25) is 10.0 Å². The molecule has 7 nitrogen and oxygen atoms in total. The summed E-state index contributed by atoms with van der Waals surface area (Å²) >= 11 is 0. The topological polar surface area (TPSA) is 78.0 Å². The third kappa shape index (κ3) is 3.31. The van der Waals surface area contributed by atoms with Crippen molar-refractivity contribution in [2.75, 3.05) is 31.9 Å². The van der Waals surface area contributed by atoms with Crippen molar-refractivity contribution in [3.63, 3.8) is 0 Å². The summed E-state index contributed by atoms with van der Waals surface area (Å²) in [7, 11) is -6.80. The van der Waals surface area contributed by atoms with E-state index in [4.69, 9.17) is 0 Å². The summed E-state index contributed by atoms with van der Waals surface area (Å²) in [5.41, 5.74) is 2.26. The van der Waals surface area contributed by atoms with Gasteiger partial charge in [-0.2, -0.15) is 21.3 Å². The van der Waals surface area contributed by atoms with Crippen LogP contribution in [0, 0.1) is 0 Å². The quantitative estimate of drug-likeness (QED) is 0.753. The second-order valence-electron chi connectivity index (χ2n) is 7.29. The molecule has 0 N–H and O–H groups in total.